The number of primary amides is 1. The minimum Gasteiger partial charge on any atom is -0.366 e. The number of hydrogen-bond acceptors (Lipinski definition) is 5. The van der Waals surface area contributed by atoms with Gasteiger partial charge in [-0.1, -0.05) is 36.4 Å². The molecule has 2 aromatic carbocycles. The van der Waals surface area contributed by atoms with Crippen molar-refractivity contribution in [2.24, 2.45) is 5.73 Å². The van der Waals surface area contributed by atoms with Crippen LogP contribution in [-0.4, -0.2) is 33.0 Å². The topological polar surface area (TPSA) is 89.1 Å². The molecule has 2 aliphatic rings. The molecule has 2 aliphatic heterocycles. The summed E-state index contributed by atoms with van der Waals surface area (Å²) in [5.41, 5.74) is 10.4. The van der Waals surface area contributed by atoms with Gasteiger partial charge in [-0.15, -0.1) is 0 Å². The Bertz CT molecular complexity index is 1410. The molecular weight excluding hydrogens is 436 g/mol. The summed E-state index contributed by atoms with van der Waals surface area (Å²) in [7, 11) is 0. The number of piperidine rings is 1. The molecule has 0 radical (unpaired) electrons. The van der Waals surface area contributed by atoms with Gasteiger partial charge in [-0.05, 0) is 62.8 Å². The maximum Gasteiger partial charge on any atom is 0.249 e. The van der Waals surface area contributed by atoms with E-state index in [1.807, 2.05) is 35.8 Å². The number of aryl methyl sites for hydroxylation is 1. The monoisotopic (exact) mass is 466 g/mol. The number of anilines is 2. The number of amides is 1. The fourth-order valence-electron chi connectivity index (χ4n) is 5.69. The van der Waals surface area contributed by atoms with Gasteiger partial charge in [0.15, 0.2) is 0 Å². The molecule has 0 spiro atoms. The molecule has 0 saturated carbocycles. The number of benzene rings is 2. The van der Waals surface area contributed by atoms with Crippen LogP contribution in [0.25, 0.3) is 16.9 Å². The SMILES string of the molecule is Cc1cc2c(C(N)=O)cccc2n1-c1nc(NCc2ccccc2)c2c(n1)N1CCCCC1CC2. The van der Waals surface area contributed by atoms with E-state index in [4.69, 9.17) is 15.7 Å². The van der Waals surface area contributed by atoms with Crippen molar-refractivity contribution in [3.63, 3.8) is 0 Å². The van der Waals surface area contributed by atoms with Crippen LogP contribution in [0.15, 0.2) is 54.6 Å². The molecule has 1 atom stereocenters. The molecule has 1 unspecified atom stereocenters. The van der Waals surface area contributed by atoms with Crippen molar-refractivity contribution in [2.75, 3.05) is 16.8 Å². The fraction of sp³-hybridized carbons (Fsp3) is 0.321. The Morgan fingerprint density at radius 1 is 1.09 bits per heavy atom. The van der Waals surface area contributed by atoms with Crippen molar-refractivity contribution in [3.05, 3.63) is 77.0 Å². The van der Waals surface area contributed by atoms with E-state index in [1.165, 1.54) is 30.4 Å². The zero-order valence-corrected chi connectivity index (χ0v) is 20.0. The summed E-state index contributed by atoms with van der Waals surface area (Å²) in [6, 6.07) is 18.6. The molecule has 0 aliphatic carbocycles. The highest BCUT2D eigenvalue weighted by atomic mass is 16.1. The molecule has 7 nitrogen and oxygen atoms in total. The Morgan fingerprint density at radius 2 is 1.94 bits per heavy atom. The summed E-state index contributed by atoms with van der Waals surface area (Å²) >= 11 is 0. The van der Waals surface area contributed by atoms with Gasteiger partial charge in [0.05, 0.1) is 5.52 Å². The number of aromatic nitrogens is 3. The first-order valence-corrected chi connectivity index (χ1v) is 12.5. The van der Waals surface area contributed by atoms with Gasteiger partial charge in [-0.3, -0.25) is 9.36 Å². The van der Waals surface area contributed by atoms with Crippen LogP contribution in [0, 0.1) is 6.92 Å². The van der Waals surface area contributed by atoms with E-state index in [2.05, 4.69) is 34.5 Å². The number of rotatable bonds is 5. The molecule has 178 valence electrons. The zero-order valence-electron chi connectivity index (χ0n) is 20.0. The highest BCUT2D eigenvalue weighted by Crippen LogP contribution is 2.38. The number of fused-ring (bicyclic) bond motifs is 4. The molecule has 2 aromatic heterocycles. The maximum atomic E-state index is 12.1. The van der Waals surface area contributed by atoms with Crippen LogP contribution < -0.4 is 16.0 Å². The van der Waals surface area contributed by atoms with Gasteiger partial charge in [-0.25, -0.2) is 0 Å². The lowest BCUT2D eigenvalue weighted by molar-refractivity contribution is 0.100. The van der Waals surface area contributed by atoms with E-state index in [1.54, 1.807) is 6.07 Å². The van der Waals surface area contributed by atoms with Crippen LogP contribution >= 0.6 is 0 Å². The van der Waals surface area contributed by atoms with Gasteiger partial charge < -0.3 is 16.0 Å². The average molecular weight is 467 g/mol. The third kappa shape index (κ3) is 3.81. The highest BCUT2D eigenvalue weighted by molar-refractivity contribution is 6.06. The second-order valence-electron chi connectivity index (χ2n) is 9.62. The van der Waals surface area contributed by atoms with Gasteiger partial charge in [0.25, 0.3) is 0 Å². The van der Waals surface area contributed by atoms with Crippen LogP contribution in [0.1, 0.15) is 52.9 Å². The molecule has 1 saturated heterocycles. The summed E-state index contributed by atoms with van der Waals surface area (Å²) in [5, 5.41) is 4.45. The van der Waals surface area contributed by atoms with Crippen molar-refractivity contribution >= 4 is 28.4 Å². The normalized spacial score (nSPS) is 17.2. The molecule has 3 N–H and O–H groups in total. The molecule has 4 aromatic rings. The Kier molecular flexibility index (Phi) is 5.40. The maximum absolute atomic E-state index is 12.1. The van der Waals surface area contributed by atoms with Gasteiger partial charge in [0, 0.05) is 41.3 Å². The average Bonchev–Trinajstić information content (AvgIpc) is 3.23. The third-order valence-corrected chi connectivity index (χ3v) is 7.40. The summed E-state index contributed by atoms with van der Waals surface area (Å²) in [4.78, 5) is 24.8. The summed E-state index contributed by atoms with van der Waals surface area (Å²) in [6.07, 6.45) is 5.81. The lowest BCUT2D eigenvalue weighted by atomic mass is 9.91. The fourth-order valence-corrected chi connectivity index (χ4v) is 5.69. The number of hydrogen-bond donors (Lipinski definition) is 2. The minimum atomic E-state index is -0.430. The quantitative estimate of drug-likeness (QED) is 0.443. The van der Waals surface area contributed by atoms with Gasteiger partial charge in [0.2, 0.25) is 11.9 Å². The zero-order chi connectivity index (χ0) is 23.9. The highest BCUT2D eigenvalue weighted by Gasteiger charge is 2.32. The Balaban J connectivity index is 1.50. The molecular formula is C28H30N6O. The smallest absolute Gasteiger partial charge is 0.249 e. The number of nitrogens with zero attached hydrogens (tertiary/aromatic N) is 4. The Morgan fingerprint density at radius 3 is 2.77 bits per heavy atom. The van der Waals surface area contributed by atoms with Crippen LogP contribution in [-0.2, 0) is 13.0 Å². The van der Waals surface area contributed by atoms with Crippen LogP contribution in [0.5, 0.6) is 0 Å². The van der Waals surface area contributed by atoms with Gasteiger partial charge in [0.1, 0.15) is 11.6 Å². The molecule has 35 heavy (non-hydrogen) atoms. The van der Waals surface area contributed by atoms with Gasteiger partial charge in [-0.2, -0.15) is 9.97 Å². The first kappa shape index (κ1) is 21.6. The van der Waals surface area contributed by atoms with Crippen molar-refractivity contribution < 1.29 is 4.79 Å². The van der Waals surface area contributed by atoms with Crippen molar-refractivity contribution in [1.82, 2.24) is 14.5 Å². The standard InChI is InChI=1S/C28H30N6O/c1-18-16-23-21(25(29)35)11-7-12-24(23)34(18)28-31-26(30-17-19-8-3-2-4-9-19)22-14-13-20-10-5-6-15-33(20)27(22)32-28/h2-4,7-9,11-12,16,20H,5-6,10,13-15,17H2,1H3,(H2,29,35)(H,30,31,32). The molecule has 6 rings (SSSR count). The molecule has 1 amide bonds. The van der Waals surface area contributed by atoms with Crippen LogP contribution in [0.2, 0.25) is 0 Å². The van der Waals surface area contributed by atoms with Crippen molar-refractivity contribution in [1.29, 1.82) is 0 Å². The second kappa shape index (κ2) is 8.73. The van der Waals surface area contributed by atoms with E-state index >= 15 is 0 Å². The van der Waals surface area contributed by atoms with Gasteiger partial charge >= 0.3 is 0 Å². The lowest BCUT2D eigenvalue weighted by Crippen LogP contribution is -2.44. The predicted molar refractivity (Wildman–Crippen MR) is 139 cm³/mol. The molecule has 7 heteroatoms. The van der Waals surface area contributed by atoms with Crippen LogP contribution in [0.4, 0.5) is 11.6 Å². The summed E-state index contributed by atoms with van der Waals surface area (Å²) in [5.74, 6) is 2.14. The van der Waals surface area contributed by atoms with Crippen molar-refractivity contribution in [2.45, 2.75) is 51.6 Å². The summed E-state index contributed by atoms with van der Waals surface area (Å²) < 4.78 is 2.04. The number of nitrogens with one attached hydrogen (secondary N) is 1. The number of nitrogens with two attached hydrogens (primary N) is 1. The van der Waals surface area contributed by atoms with E-state index < -0.39 is 5.91 Å². The first-order valence-electron chi connectivity index (χ1n) is 12.5. The largest absolute Gasteiger partial charge is 0.366 e. The summed E-state index contributed by atoms with van der Waals surface area (Å²) in [6.45, 7) is 3.75. The Labute approximate surface area is 205 Å². The van der Waals surface area contributed by atoms with Crippen molar-refractivity contribution in [3.8, 4) is 5.95 Å². The Hall–Kier alpha value is -3.87. The predicted octanol–water partition coefficient (Wildman–Crippen LogP) is 4.75. The van der Waals surface area contributed by atoms with E-state index in [9.17, 15) is 4.79 Å². The first-order chi connectivity index (χ1) is 17.1. The van der Waals surface area contributed by atoms with E-state index in [0.717, 1.165) is 47.6 Å². The number of carbonyl (C=O) groups is 1. The third-order valence-electron chi connectivity index (χ3n) is 7.40. The lowest BCUT2D eigenvalue weighted by Gasteiger charge is -2.41. The van der Waals surface area contributed by atoms with Crippen LogP contribution in [0.3, 0.4) is 0 Å². The molecule has 4 heterocycles. The van der Waals surface area contributed by atoms with E-state index in [0.29, 0.717) is 24.1 Å². The molecule has 1 fully saturated rings. The van der Waals surface area contributed by atoms with E-state index in [-0.39, 0.29) is 0 Å². The second-order valence-corrected chi connectivity index (χ2v) is 9.62. The molecule has 0 bridgehead atoms. The minimum absolute atomic E-state index is 0.430. The number of carbonyl (C=O) groups excluding carboxylic acids is 1.